The van der Waals surface area contributed by atoms with E-state index in [1.165, 1.54) is 24.8 Å². The molecule has 1 aliphatic heterocycles. The van der Waals surface area contributed by atoms with Gasteiger partial charge in [-0.15, -0.1) is 0 Å². The molecule has 1 heterocycles. The second kappa shape index (κ2) is 5.60. The summed E-state index contributed by atoms with van der Waals surface area (Å²) in [6.45, 7) is 1.80. The van der Waals surface area contributed by atoms with Gasteiger partial charge in [0.25, 0.3) is 0 Å². The zero-order valence-corrected chi connectivity index (χ0v) is 13.1. The third-order valence-corrected chi connectivity index (χ3v) is 6.23. The maximum atomic E-state index is 12.8. The standard InChI is InChI=1S/C19H25NO2/c21-17-5-3-14(4-6-17)15-7-9-20(10-8-15)19(22)18-12-13-1-2-16(18)11-13/h3-6,13,15-16,18,21H,1-2,7-12H2/t13-,16-,18+/m0/s1. The Morgan fingerprint density at radius 2 is 1.73 bits per heavy atom. The van der Waals surface area contributed by atoms with Gasteiger partial charge in [0, 0.05) is 19.0 Å². The van der Waals surface area contributed by atoms with Gasteiger partial charge in [0.2, 0.25) is 5.91 Å². The van der Waals surface area contributed by atoms with Crippen LogP contribution in [-0.2, 0) is 4.79 Å². The van der Waals surface area contributed by atoms with Crippen LogP contribution in [0.25, 0.3) is 0 Å². The van der Waals surface area contributed by atoms with E-state index < -0.39 is 0 Å². The first kappa shape index (κ1) is 14.1. The molecule has 0 radical (unpaired) electrons. The number of rotatable bonds is 2. The quantitative estimate of drug-likeness (QED) is 0.907. The van der Waals surface area contributed by atoms with Crippen LogP contribution in [0, 0.1) is 17.8 Å². The molecule has 2 saturated carbocycles. The van der Waals surface area contributed by atoms with Crippen LogP contribution in [0.5, 0.6) is 5.75 Å². The topological polar surface area (TPSA) is 40.5 Å². The molecule has 22 heavy (non-hydrogen) atoms. The maximum absolute atomic E-state index is 12.8. The highest BCUT2D eigenvalue weighted by molar-refractivity contribution is 5.79. The van der Waals surface area contributed by atoms with Crippen molar-refractivity contribution < 1.29 is 9.90 Å². The molecule has 1 saturated heterocycles. The van der Waals surface area contributed by atoms with E-state index in [1.54, 1.807) is 12.1 Å². The summed E-state index contributed by atoms with van der Waals surface area (Å²) in [5.41, 5.74) is 1.30. The predicted molar refractivity (Wildman–Crippen MR) is 85.6 cm³/mol. The Balaban J connectivity index is 1.35. The monoisotopic (exact) mass is 299 g/mol. The van der Waals surface area contributed by atoms with E-state index in [0.29, 0.717) is 29.4 Å². The Bertz CT molecular complexity index is 545. The Hall–Kier alpha value is -1.51. The molecule has 0 unspecified atom stereocenters. The number of aromatic hydroxyl groups is 1. The second-order valence-electron chi connectivity index (χ2n) is 7.47. The van der Waals surface area contributed by atoms with Crippen LogP contribution in [0.3, 0.4) is 0 Å². The molecule has 1 amide bonds. The van der Waals surface area contributed by atoms with Gasteiger partial charge in [0.1, 0.15) is 5.75 Å². The molecule has 0 aromatic heterocycles. The number of carbonyl (C=O) groups is 1. The minimum Gasteiger partial charge on any atom is -0.508 e. The van der Waals surface area contributed by atoms with Crippen molar-refractivity contribution in [1.29, 1.82) is 0 Å². The first-order valence-corrected chi connectivity index (χ1v) is 8.78. The lowest BCUT2D eigenvalue weighted by atomic mass is 9.85. The van der Waals surface area contributed by atoms with Gasteiger partial charge in [0.15, 0.2) is 0 Å². The van der Waals surface area contributed by atoms with Crippen LogP contribution >= 0.6 is 0 Å². The number of phenols is 1. The van der Waals surface area contributed by atoms with Crippen LogP contribution in [-0.4, -0.2) is 29.0 Å². The lowest BCUT2D eigenvalue weighted by Crippen LogP contribution is -2.42. The first-order valence-electron chi connectivity index (χ1n) is 8.78. The Morgan fingerprint density at radius 3 is 2.32 bits per heavy atom. The SMILES string of the molecule is O=C([C@@H]1C[C@H]2CC[C@H]1C2)N1CCC(c2ccc(O)cc2)CC1. The summed E-state index contributed by atoms with van der Waals surface area (Å²) in [7, 11) is 0. The number of piperidine rings is 1. The van der Waals surface area contributed by atoms with Crippen LogP contribution in [0.4, 0.5) is 0 Å². The van der Waals surface area contributed by atoms with Crippen molar-refractivity contribution in [2.24, 2.45) is 17.8 Å². The molecule has 2 bridgehead atoms. The van der Waals surface area contributed by atoms with E-state index in [1.807, 2.05) is 12.1 Å². The fourth-order valence-electron chi connectivity index (χ4n) is 4.96. The van der Waals surface area contributed by atoms with Crippen molar-refractivity contribution >= 4 is 5.91 Å². The second-order valence-corrected chi connectivity index (χ2v) is 7.47. The van der Waals surface area contributed by atoms with Crippen LogP contribution in [0.15, 0.2) is 24.3 Å². The molecule has 1 aromatic carbocycles. The van der Waals surface area contributed by atoms with Crippen LogP contribution in [0.1, 0.15) is 50.0 Å². The Morgan fingerprint density at radius 1 is 1.00 bits per heavy atom. The highest BCUT2D eigenvalue weighted by Gasteiger charge is 2.44. The van der Waals surface area contributed by atoms with Crippen molar-refractivity contribution in [3.05, 3.63) is 29.8 Å². The molecule has 1 aromatic rings. The van der Waals surface area contributed by atoms with E-state index in [4.69, 9.17) is 0 Å². The Kier molecular flexibility index (Phi) is 3.59. The van der Waals surface area contributed by atoms with Gasteiger partial charge in [-0.2, -0.15) is 0 Å². The number of nitrogens with zero attached hydrogens (tertiary/aromatic N) is 1. The zero-order chi connectivity index (χ0) is 15.1. The number of amides is 1. The van der Waals surface area contributed by atoms with Gasteiger partial charge in [0.05, 0.1) is 0 Å². The van der Waals surface area contributed by atoms with Crippen molar-refractivity contribution in [2.75, 3.05) is 13.1 Å². The number of fused-ring (bicyclic) bond motifs is 2. The first-order chi connectivity index (χ1) is 10.7. The molecule has 3 atom stereocenters. The maximum Gasteiger partial charge on any atom is 0.225 e. The van der Waals surface area contributed by atoms with E-state index in [2.05, 4.69) is 4.90 Å². The minimum absolute atomic E-state index is 0.327. The normalized spacial score (nSPS) is 31.6. The van der Waals surface area contributed by atoms with Crippen molar-refractivity contribution in [2.45, 2.75) is 44.4 Å². The minimum atomic E-state index is 0.327. The van der Waals surface area contributed by atoms with Crippen molar-refractivity contribution in [3.8, 4) is 5.75 Å². The summed E-state index contributed by atoms with van der Waals surface area (Å²) < 4.78 is 0. The molecule has 3 aliphatic rings. The molecular weight excluding hydrogens is 274 g/mol. The Labute approximate surface area is 132 Å². The van der Waals surface area contributed by atoms with Gasteiger partial charge in [-0.25, -0.2) is 0 Å². The molecule has 4 rings (SSSR count). The highest BCUT2D eigenvalue weighted by atomic mass is 16.3. The van der Waals surface area contributed by atoms with Gasteiger partial charge in [-0.3, -0.25) is 4.79 Å². The smallest absolute Gasteiger partial charge is 0.225 e. The molecule has 0 spiro atoms. The van der Waals surface area contributed by atoms with Gasteiger partial charge < -0.3 is 10.0 Å². The number of phenolic OH excluding ortho intramolecular Hbond substituents is 1. The predicted octanol–water partition coefficient (Wildman–Crippen LogP) is 3.53. The van der Waals surface area contributed by atoms with E-state index in [-0.39, 0.29) is 0 Å². The average Bonchev–Trinajstić information content (AvgIpc) is 3.18. The van der Waals surface area contributed by atoms with E-state index >= 15 is 0 Å². The summed E-state index contributed by atoms with van der Waals surface area (Å²) in [5, 5.41) is 9.39. The zero-order valence-electron chi connectivity index (χ0n) is 13.1. The molecule has 118 valence electrons. The number of likely N-dealkylation sites (tertiary alicyclic amines) is 1. The van der Waals surface area contributed by atoms with E-state index in [9.17, 15) is 9.90 Å². The van der Waals surface area contributed by atoms with Gasteiger partial charge in [-0.1, -0.05) is 18.6 Å². The third kappa shape index (κ3) is 2.51. The number of benzene rings is 1. The lowest BCUT2D eigenvalue weighted by Gasteiger charge is -2.35. The molecule has 2 aliphatic carbocycles. The largest absolute Gasteiger partial charge is 0.508 e. The summed E-state index contributed by atoms with van der Waals surface area (Å²) in [6, 6.07) is 7.57. The number of hydrogen-bond donors (Lipinski definition) is 1. The molecule has 3 heteroatoms. The molecular formula is C19H25NO2. The van der Waals surface area contributed by atoms with Gasteiger partial charge in [-0.05, 0) is 67.6 Å². The fourth-order valence-corrected chi connectivity index (χ4v) is 4.96. The summed E-state index contributed by atoms with van der Waals surface area (Å²) in [6.07, 6.45) is 7.21. The van der Waals surface area contributed by atoms with E-state index in [0.717, 1.165) is 38.3 Å². The number of carbonyl (C=O) groups excluding carboxylic acids is 1. The van der Waals surface area contributed by atoms with Crippen LogP contribution in [0.2, 0.25) is 0 Å². The number of hydrogen-bond acceptors (Lipinski definition) is 2. The molecule has 3 nitrogen and oxygen atoms in total. The summed E-state index contributed by atoms with van der Waals surface area (Å²) in [5.74, 6) is 3.17. The third-order valence-electron chi connectivity index (χ3n) is 6.23. The van der Waals surface area contributed by atoms with Gasteiger partial charge >= 0.3 is 0 Å². The van der Waals surface area contributed by atoms with Crippen molar-refractivity contribution in [1.82, 2.24) is 4.90 Å². The lowest BCUT2D eigenvalue weighted by molar-refractivity contribution is -0.138. The summed E-state index contributed by atoms with van der Waals surface area (Å²) in [4.78, 5) is 14.9. The summed E-state index contributed by atoms with van der Waals surface area (Å²) >= 11 is 0. The fraction of sp³-hybridized carbons (Fsp3) is 0.632. The molecule has 3 fully saturated rings. The average molecular weight is 299 g/mol. The van der Waals surface area contributed by atoms with Crippen LogP contribution < -0.4 is 0 Å². The van der Waals surface area contributed by atoms with Crippen molar-refractivity contribution in [3.63, 3.8) is 0 Å². The highest BCUT2D eigenvalue weighted by Crippen LogP contribution is 2.49. The molecule has 1 N–H and O–H groups in total.